The number of nitrogens with two attached hydrogens (primary N) is 1. The molecule has 1 saturated heterocycles. The van der Waals surface area contributed by atoms with E-state index in [4.69, 9.17) is 10.5 Å². The lowest BCUT2D eigenvalue weighted by atomic mass is 9.90. The molecular formula is C30H36F5N3O2S. The summed E-state index contributed by atoms with van der Waals surface area (Å²) in [6.07, 6.45) is 2.32. The number of likely N-dealkylation sites (tertiary alicyclic amines) is 1. The van der Waals surface area contributed by atoms with Crippen molar-refractivity contribution in [2.24, 2.45) is 11.7 Å². The van der Waals surface area contributed by atoms with Crippen LogP contribution in [0.15, 0.2) is 60.0 Å². The number of hydrogen-bond donors (Lipinski definition) is 2. The predicted molar refractivity (Wildman–Crippen MR) is 151 cm³/mol. The van der Waals surface area contributed by atoms with Crippen LogP contribution in [-0.2, 0) is 10.7 Å². The number of ether oxygens (including phenoxy) is 1. The highest BCUT2D eigenvalue weighted by atomic mass is 32.2. The molecule has 0 aromatic heterocycles. The van der Waals surface area contributed by atoms with Crippen LogP contribution in [0.1, 0.15) is 56.1 Å². The Hall–Kier alpha value is -2.63. The molecule has 1 atom stereocenters. The number of amides is 1. The zero-order valence-electron chi connectivity index (χ0n) is 22.8. The lowest BCUT2D eigenvalue weighted by Gasteiger charge is -2.35. The molecule has 1 saturated carbocycles. The number of nitrogens with zero attached hydrogens (tertiary/aromatic N) is 1. The Kier molecular flexibility index (Phi) is 10.4. The first-order chi connectivity index (χ1) is 19.4. The van der Waals surface area contributed by atoms with Gasteiger partial charge in [-0.1, -0.05) is 50.1 Å². The van der Waals surface area contributed by atoms with Gasteiger partial charge in [0.25, 0.3) is 5.92 Å². The number of halogens is 5. The van der Waals surface area contributed by atoms with Crippen molar-refractivity contribution >= 4 is 23.4 Å². The number of benzene rings is 2. The van der Waals surface area contributed by atoms with E-state index in [1.54, 1.807) is 24.3 Å². The fourth-order valence-electron chi connectivity index (χ4n) is 5.10. The summed E-state index contributed by atoms with van der Waals surface area (Å²) in [5.74, 6) is -3.31. The van der Waals surface area contributed by atoms with E-state index in [2.05, 4.69) is 11.3 Å². The van der Waals surface area contributed by atoms with Gasteiger partial charge in [-0.2, -0.15) is 22.0 Å². The molecule has 2 aromatic carbocycles. The molecular weight excluding hydrogens is 561 g/mol. The lowest BCUT2D eigenvalue weighted by molar-refractivity contribution is -0.145. The highest BCUT2D eigenvalue weighted by molar-refractivity contribution is 7.97. The Morgan fingerprint density at radius 1 is 0.976 bits per heavy atom. The molecule has 3 N–H and O–H groups in total. The quantitative estimate of drug-likeness (QED) is 0.230. The van der Waals surface area contributed by atoms with Crippen molar-refractivity contribution in [1.82, 2.24) is 9.62 Å². The van der Waals surface area contributed by atoms with Crippen molar-refractivity contribution in [2.45, 2.75) is 74.0 Å². The smallest absolute Gasteiger partial charge is 0.416 e. The van der Waals surface area contributed by atoms with Crippen LogP contribution in [0.3, 0.4) is 0 Å². The van der Waals surface area contributed by atoms with Gasteiger partial charge in [-0.25, -0.2) is 4.72 Å². The van der Waals surface area contributed by atoms with E-state index in [0.717, 1.165) is 49.1 Å². The minimum Gasteiger partial charge on any atom is -0.493 e. The Labute approximate surface area is 241 Å². The first kappa shape index (κ1) is 31.3. The highest BCUT2D eigenvalue weighted by Gasteiger charge is 2.48. The average Bonchev–Trinajstić information content (AvgIpc) is 2.96. The third-order valence-electron chi connectivity index (χ3n) is 7.75. The minimum absolute atomic E-state index is 0.103. The normalized spacial score (nSPS) is 18.2. The summed E-state index contributed by atoms with van der Waals surface area (Å²) in [5.41, 5.74) is 3.89. The Balaban J connectivity index is 1.47. The van der Waals surface area contributed by atoms with Crippen molar-refractivity contribution in [3.8, 4) is 5.75 Å². The standard InChI is InChI=1S/C30H36F5N3O2S/c1-20(30(33,34)35)22-7-9-23(10-8-22)29(31,32)27(28(39)38-17-15-24(36)16-18-38)37-41-26-13-11-25(12-14-26)40-19-21-5-3-2-4-6-21/h7-14,21,24,27,37H,1-6,15-19,36H2. The summed E-state index contributed by atoms with van der Waals surface area (Å²) in [5, 5.41) is 0. The zero-order valence-corrected chi connectivity index (χ0v) is 23.6. The maximum Gasteiger partial charge on any atom is 0.416 e. The van der Waals surface area contributed by atoms with Crippen LogP contribution in [-0.4, -0.2) is 48.8 Å². The average molecular weight is 598 g/mol. The molecule has 224 valence electrons. The molecule has 1 aliphatic heterocycles. The third kappa shape index (κ3) is 8.23. The Morgan fingerprint density at radius 3 is 2.17 bits per heavy atom. The molecule has 0 radical (unpaired) electrons. The van der Waals surface area contributed by atoms with Crippen LogP contribution in [0, 0.1) is 5.92 Å². The van der Waals surface area contributed by atoms with Crippen molar-refractivity contribution in [3.63, 3.8) is 0 Å². The largest absolute Gasteiger partial charge is 0.493 e. The van der Waals surface area contributed by atoms with Crippen LogP contribution in [0.2, 0.25) is 0 Å². The molecule has 2 fully saturated rings. The summed E-state index contributed by atoms with van der Waals surface area (Å²) < 4.78 is 79.4. The number of hydrogen-bond acceptors (Lipinski definition) is 5. The van der Waals surface area contributed by atoms with Gasteiger partial charge in [0.05, 0.1) is 12.2 Å². The van der Waals surface area contributed by atoms with E-state index in [0.29, 0.717) is 36.0 Å². The van der Waals surface area contributed by atoms with E-state index >= 15 is 8.78 Å². The van der Waals surface area contributed by atoms with Gasteiger partial charge in [-0.15, -0.1) is 0 Å². The molecule has 4 rings (SSSR count). The van der Waals surface area contributed by atoms with E-state index in [-0.39, 0.29) is 24.7 Å². The van der Waals surface area contributed by atoms with E-state index in [9.17, 15) is 18.0 Å². The van der Waals surface area contributed by atoms with Gasteiger partial charge < -0.3 is 15.4 Å². The van der Waals surface area contributed by atoms with Gasteiger partial charge in [0.1, 0.15) is 5.75 Å². The Bertz CT molecular complexity index is 1160. The van der Waals surface area contributed by atoms with Crippen molar-refractivity contribution in [1.29, 1.82) is 0 Å². The number of carbonyl (C=O) groups is 1. The van der Waals surface area contributed by atoms with Crippen LogP contribution in [0.5, 0.6) is 5.75 Å². The minimum atomic E-state index is -4.69. The maximum atomic E-state index is 15.9. The van der Waals surface area contributed by atoms with Crippen molar-refractivity contribution < 1.29 is 31.5 Å². The number of piperidine rings is 1. The first-order valence-corrected chi connectivity index (χ1v) is 14.7. The Morgan fingerprint density at radius 2 is 1.59 bits per heavy atom. The molecule has 0 bridgehead atoms. The summed E-state index contributed by atoms with van der Waals surface area (Å²) in [4.78, 5) is 15.3. The number of alkyl halides is 5. The number of nitrogens with one attached hydrogen (secondary N) is 1. The second-order valence-electron chi connectivity index (χ2n) is 10.8. The molecule has 5 nitrogen and oxygen atoms in total. The van der Waals surface area contributed by atoms with Gasteiger partial charge in [0, 0.05) is 29.6 Å². The highest BCUT2D eigenvalue weighted by Crippen LogP contribution is 2.38. The molecule has 1 amide bonds. The first-order valence-electron chi connectivity index (χ1n) is 13.9. The van der Waals surface area contributed by atoms with Crippen LogP contribution >= 0.6 is 11.9 Å². The molecule has 1 heterocycles. The predicted octanol–water partition coefficient (Wildman–Crippen LogP) is 6.93. The maximum absolute atomic E-state index is 15.9. The number of carbonyl (C=O) groups excluding carboxylic acids is 1. The van der Waals surface area contributed by atoms with E-state index < -0.39 is 35.2 Å². The fourth-order valence-corrected chi connectivity index (χ4v) is 5.88. The molecule has 2 aliphatic rings. The number of rotatable bonds is 10. The molecule has 11 heteroatoms. The topological polar surface area (TPSA) is 67.6 Å². The van der Waals surface area contributed by atoms with E-state index in [1.807, 2.05) is 0 Å². The second-order valence-corrected chi connectivity index (χ2v) is 11.7. The lowest BCUT2D eigenvalue weighted by Crippen LogP contribution is -2.55. The van der Waals surface area contributed by atoms with Crippen molar-refractivity contribution in [2.75, 3.05) is 19.7 Å². The molecule has 1 unspecified atom stereocenters. The zero-order chi connectivity index (χ0) is 29.6. The molecule has 0 spiro atoms. The third-order valence-corrected chi connectivity index (χ3v) is 8.61. The summed E-state index contributed by atoms with van der Waals surface area (Å²) in [7, 11) is 0. The van der Waals surface area contributed by atoms with Crippen molar-refractivity contribution in [3.05, 3.63) is 66.2 Å². The summed E-state index contributed by atoms with van der Waals surface area (Å²) in [6, 6.07) is 8.61. The van der Waals surface area contributed by atoms with Gasteiger partial charge in [-0.05, 0) is 73.4 Å². The van der Waals surface area contributed by atoms with Gasteiger partial charge >= 0.3 is 6.18 Å². The molecule has 1 aliphatic carbocycles. The SMILES string of the molecule is C=C(c1ccc(C(F)(F)C(NSc2ccc(OCC3CCCCC3)cc2)C(=O)N2CCC(N)CC2)cc1)C(F)(F)F. The molecule has 2 aromatic rings. The van der Waals surface area contributed by atoms with Gasteiger partial charge in [0.2, 0.25) is 5.91 Å². The van der Waals surface area contributed by atoms with Gasteiger partial charge in [-0.3, -0.25) is 4.79 Å². The fraction of sp³-hybridized carbons (Fsp3) is 0.500. The van der Waals surface area contributed by atoms with Gasteiger partial charge in [0.15, 0.2) is 6.04 Å². The van der Waals surface area contributed by atoms with Crippen LogP contribution < -0.4 is 15.2 Å². The summed E-state index contributed by atoms with van der Waals surface area (Å²) >= 11 is 0.889. The number of allylic oxidation sites excluding steroid dienone is 1. The van der Waals surface area contributed by atoms with E-state index in [1.165, 1.54) is 24.2 Å². The summed E-state index contributed by atoms with van der Waals surface area (Å²) in [6.45, 7) is 4.15. The monoisotopic (exact) mass is 597 g/mol. The van der Waals surface area contributed by atoms with Crippen LogP contribution in [0.25, 0.3) is 5.57 Å². The second kappa shape index (κ2) is 13.6. The van der Waals surface area contributed by atoms with Crippen LogP contribution in [0.4, 0.5) is 22.0 Å². The molecule has 41 heavy (non-hydrogen) atoms.